The van der Waals surface area contributed by atoms with Crippen LogP contribution in [0.5, 0.6) is 0 Å². The molecule has 70 valence electrons. The number of hydrogen-bond acceptors (Lipinski definition) is 2. The van der Waals surface area contributed by atoms with Gasteiger partial charge in [0, 0.05) is 24.3 Å². The zero-order valence-electron chi connectivity index (χ0n) is 7.25. The van der Waals surface area contributed by atoms with E-state index in [1.165, 1.54) is 6.20 Å². The highest BCUT2D eigenvalue weighted by Gasteiger charge is 2.06. The number of aromatic nitrogens is 2. The van der Waals surface area contributed by atoms with Crippen molar-refractivity contribution in [1.82, 2.24) is 15.1 Å². The smallest absolute Gasteiger partial charge is 0.254 e. The first kappa shape index (κ1) is 9.98. The Hall–Kier alpha value is -1.10. The van der Waals surface area contributed by atoms with E-state index in [1.54, 1.807) is 17.9 Å². The maximum absolute atomic E-state index is 11.3. The lowest BCUT2D eigenvalue weighted by molar-refractivity contribution is 0.0957. The van der Waals surface area contributed by atoms with Crippen molar-refractivity contribution in [3.05, 3.63) is 29.0 Å². The van der Waals surface area contributed by atoms with Gasteiger partial charge < -0.3 is 5.32 Å². The van der Waals surface area contributed by atoms with Crippen molar-refractivity contribution in [3.63, 3.8) is 0 Å². The Morgan fingerprint density at radius 1 is 1.85 bits per heavy atom. The molecule has 0 fully saturated rings. The Morgan fingerprint density at radius 2 is 2.54 bits per heavy atom. The second-order valence-electron chi connectivity index (χ2n) is 2.60. The van der Waals surface area contributed by atoms with Crippen molar-refractivity contribution in [2.75, 3.05) is 6.54 Å². The molecular weight excluding hydrogens is 234 g/mol. The predicted molar refractivity (Wildman–Crippen MR) is 53.6 cm³/mol. The van der Waals surface area contributed by atoms with Gasteiger partial charge >= 0.3 is 0 Å². The number of amides is 1. The molecule has 0 bridgehead atoms. The molecule has 1 aromatic heterocycles. The number of rotatable bonds is 3. The lowest BCUT2D eigenvalue weighted by Crippen LogP contribution is -2.23. The summed E-state index contributed by atoms with van der Waals surface area (Å²) in [6.45, 7) is 4.03. The van der Waals surface area contributed by atoms with E-state index in [4.69, 9.17) is 0 Å². The van der Waals surface area contributed by atoms with Crippen LogP contribution in [0.15, 0.2) is 23.5 Å². The second-order valence-corrected chi connectivity index (χ2v) is 3.72. The fraction of sp³-hybridized carbons (Fsp3) is 0.250. The van der Waals surface area contributed by atoms with Gasteiger partial charge in [0.15, 0.2) is 0 Å². The van der Waals surface area contributed by atoms with E-state index in [0.717, 1.165) is 4.48 Å². The van der Waals surface area contributed by atoms with Gasteiger partial charge in [-0.1, -0.05) is 22.5 Å². The van der Waals surface area contributed by atoms with E-state index in [2.05, 4.69) is 32.9 Å². The van der Waals surface area contributed by atoms with Crippen LogP contribution >= 0.6 is 15.9 Å². The first-order chi connectivity index (χ1) is 6.09. The molecule has 1 aromatic rings. The lowest BCUT2D eigenvalue weighted by Gasteiger charge is -2.00. The van der Waals surface area contributed by atoms with Crippen LogP contribution in [0.4, 0.5) is 0 Å². The summed E-state index contributed by atoms with van der Waals surface area (Å²) in [6, 6.07) is 0. The molecule has 0 atom stereocenters. The summed E-state index contributed by atoms with van der Waals surface area (Å²) in [5.74, 6) is -0.145. The SMILES string of the molecule is C=C(Br)CNC(=O)c1cnn(C)c1. The van der Waals surface area contributed by atoms with Crippen LogP contribution < -0.4 is 5.32 Å². The van der Waals surface area contributed by atoms with Gasteiger partial charge in [-0.05, 0) is 0 Å². The average molecular weight is 244 g/mol. The van der Waals surface area contributed by atoms with Gasteiger partial charge in [-0.15, -0.1) is 0 Å². The van der Waals surface area contributed by atoms with Gasteiger partial charge in [-0.3, -0.25) is 9.48 Å². The number of nitrogens with zero attached hydrogens (tertiary/aromatic N) is 2. The summed E-state index contributed by atoms with van der Waals surface area (Å²) < 4.78 is 2.32. The van der Waals surface area contributed by atoms with Crippen molar-refractivity contribution in [2.45, 2.75) is 0 Å². The van der Waals surface area contributed by atoms with Crippen molar-refractivity contribution in [2.24, 2.45) is 7.05 Å². The Kier molecular flexibility index (Phi) is 3.25. The summed E-state index contributed by atoms with van der Waals surface area (Å²) in [5.41, 5.74) is 0.552. The lowest BCUT2D eigenvalue weighted by atomic mass is 10.3. The summed E-state index contributed by atoms with van der Waals surface area (Å²) in [4.78, 5) is 11.3. The summed E-state index contributed by atoms with van der Waals surface area (Å²) >= 11 is 3.15. The standard InChI is InChI=1S/C8H10BrN3O/c1-6(9)3-10-8(13)7-4-11-12(2)5-7/h4-5H,1,3H2,2H3,(H,10,13). The molecule has 1 amide bonds. The van der Waals surface area contributed by atoms with Gasteiger partial charge in [-0.2, -0.15) is 5.10 Å². The van der Waals surface area contributed by atoms with Crippen LogP contribution in [0, 0.1) is 0 Å². The van der Waals surface area contributed by atoms with Gasteiger partial charge in [0.2, 0.25) is 0 Å². The van der Waals surface area contributed by atoms with E-state index in [0.29, 0.717) is 12.1 Å². The number of hydrogen-bond donors (Lipinski definition) is 1. The van der Waals surface area contributed by atoms with Crippen LogP contribution in [0.25, 0.3) is 0 Å². The molecule has 0 saturated carbocycles. The zero-order chi connectivity index (χ0) is 9.84. The molecule has 5 heteroatoms. The third-order valence-electron chi connectivity index (χ3n) is 1.41. The van der Waals surface area contributed by atoms with Crippen LogP contribution in [-0.2, 0) is 7.05 Å². The maximum atomic E-state index is 11.3. The van der Waals surface area contributed by atoms with Crippen LogP contribution in [-0.4, -0.2) is 22.2 Å². The second kappa shape index (κ2) is 4.23. The third-order valence-corrected chi connectivity index (χ3v) is 1.69. The van der Waals surface area contributed by atoms with E-state index in [9.17, 15) is 4.79 Å². The average Bonchev–Trinajstić information content (AvgIpc) is 2.47. The molecule has 1 N–H and O–H groups in total. The fourth-order valence-corrected chi connectivity index (χ4v) is 0.957. The monoisotopic (exact) mass is 243 g/mol. The van der Waals surface area contributed by atoms with Crippen LogP contribution in [0.3, 0.4) is 0 Å². The van der Waals surface area contributed by atoms with Gasteiger partial charge in [0.1, 0.15) is 0 Å². The van der Waals surface area contributed by atoms with Crippen molar-refractivity contribution >= 4 is 21.8 Å². The fourth-order valence-electron chi connectivity index (χ4n) is 0.817. The molecule has 0 radical (unpaired) electrons. The zero-order valence-corrected chi connectivity index (χ0v) is 8.84. The Morgan fingerprint density at radius 3 is 3.00 bits per heavy atom. The van der Waals surface area contributed by atoms with Gasteiger partial charge in [0.25, 0.3) is 5.91 Å². The minimum absolute atomic E-state index is 0.145. The molecular formula is C8H10BrN3O. The number of nitrogens with one attached hydrogen (secondary N) is 1. The first-order valence-electron chi connectivity index (χ1n) is 3.69. The first-order valence-corrected chi connectivity index (χ1v) is 4.49. The number of aryl methyl sites for hydroxylation is 1. The molecule has 0 aliphatic rings. The molecule has 13 heavy (non-hydrogen) atoms. The maximum Gasteiger partial charge on any atom is 0.254 e. The quantitative estimate of drug-likeness (QED) is 0.864. The number of carbonyl (C=O) groups excluding carboxylic acids is 1. The summed E-state index contributed by atoms with van der Waals surface area (Å²) in [7, 11) is 1.76. The minimum atomic E-state index is -0.145. The highest BCUT2D eigenvalue weighted by atomic mass is 79.9. The third kappa shape index (κ3) is 3.02. The minimum Gasteiger partial charge on any atom is -0.347 e. The Balaban J connectivity index is 2.54. The van der Waals surface area contributed by atoms with Crippen LogP contribution in [0.1, 0.15) is 10.4 Å². The van der Waals surface area contributed by atoms with Gasteiger partial charge in [-0.25, -0.2) is 0 Å². The molecule has 1 rings (SSSR count). The molecule has 0 unspecified atom stereocenters. The highest BCUT2D eigenvalue weighted by Crippen LogP contribution is 1.99. The molecule has 0 aromatic carbocycles. The van der Waals surface area contributed by atoms with Crippen molar-refractivity contribution < 1.29 is 4.79 Å². The predicted octanol–water partition coefficient (Wildman–Crippen LogP) is 1.06. The van der Waals surface area contributed by atoms with Crippen LogP contribution in [0.2, 0.25) is 0 Å². The highest BCUT2D eigenvalue weighted by molar-refractivity contribution is 9.11. The van der Waals surface area contributed by atoms with Crippen molar-refractivity contribution in [3.8, 4) is 0 Å². The molecule has 1 heterocycles. The number of carbonyl (C=O) groups is 1. The molecule has 4 nitrogen and oxygen atoms in total. The topological polar surface area (TPSA) is 46.9 Å². The molecule has 0 saturated heterocycles. The van der Waals surface area contributed by atoms with Gasteiger partial charge in [0.05, 0.1) is 11.8 Å². The van der Waals surface area contributed by atoms with Crippen molar-refractivity contribution in [1.29, 1.82) is 0 Å². The largest absolute Gasteiger partial charge is 0.347 e. The molecule has 0 aliphatic carbocycles. The summed E-state index contributed by atoms with van der Waals surface area (Å²) in [5, 5.41) is 6.56. The molecule has 0 aliphatic heterocycles. The van der Waals surface area contributed by atoms with E-state index < -0.39 is 0 Å². The summed E-state index contributed by atoms with van der Waals surface area (Å²) in [6.07, 6.45) is 3.18. The van der Waals surface area contributed by atoms with E-state index in [1.807, 2.05) is 0 Å². The Labute approximate surface area is 84.8 Å². The normalized spacial score (nSPS) is 9.69. The van der Waals surface area contributed by atoms with E-state index in [-0.39, 0.29) is 5.91 Å². The van der Waals surface area contributed by atoms with E-state index >= 15 is 0 Å². The molecule has 0 spiro atoms. The Bertz CT molecular complexity index is 332. The number of halogens is 1.